The second kappa shape index (κ2) is 5.73. The summed E-state index contributed by atoms with van der Waals surface area (Å²) in [6.45, 7) is 3.76. The second-order valence-corrected chi connectivity index (χ2v) is 4.68. The first kappa shape index (κ1) is 14.0. The van der Waals surface area contributed by atoms with Crippen LogP contribution in [0.3, 0.4) is 0 Å². The lowest BCUT2D eigenvalue weighted by molar-refractivity contribution is -0.127. The first-order valence-corrected chi connectivity index (χ1v) is 6.52. The van der Waals surface area contributed by atoms with Gasteiger partial charge in [-0.1, -0.05) is 19.1 Å². The van der Waals surface area contributed by atoms with Crippen molar-refractivity contribution < 1.29 is 14.4 Å². The fraction of sp³-hybridized carbons (Fsp3) is 0.357. The van der Waals surface area contributed by atoms with Crippen LogP contribution in [0.2, 0.25) is 0 Å². The normalized spacial score (nSPS) is 18.1. The van der Waals surface area contributed by atoms with Crippen LogP contribution in [0.25, 0.3) is 0 Å². The number of rotatable bonds is 4. The molecule has 20 heavy (non-hydrogen) atoms. The van der Waals surface area contributed by atoms with Gasteiger partial charge in [0.05, 0.1) is 0 Å². The van der Waals surface area contributed by atoms with Crippen molar-refractivity contribution in [2.24, 2.45) is 0 Å². The van der Waals surface area contributed by atoms with Gasteiger partial charge in [-0.15, -0.1) is 0 Å². The fourth-order valence-corrected chi connectivity index (χ4v) is 2.14. The van der Waals surface area contributed by atoms with E-state index in [0.29, 0.717) is 17.8 Å². The maximum Gasteiger partial charge on any atom is 0.325 e. The van der Waals surface area contributed by atoms with Crippen LogP contribution in [-0.2, 0) is 9.59 Å². The van der Waals surface area contributed by atoms with Crippen molar-refractivity contribution >= 4 is 23.5 Å². The van der Waals surface area contributed by atoms with Crippen molar-refractivity contribution in [1.29, 1.82) is 0 Å². The van der Waals surface area contributed by atoms with E-state index in [1.165, 1.54) is 11.8 Å². The summed E-state index contributed by atoms with van der Waals surface area (Å²) >= 11 is 0. The molecule has 4 amide bonds. The summed E-state index contributed by atoms with van der Waals surface area (Å²) in [6.07, 6.45) is 0.730. The zero-order chi connectivity index (χ0) is 14.7. The van der Waals surface area contributed by atoms with Gasteiger partial charge >= 0.3 is 6.03 Å². The molecule has 1 aliphatic heterocycles. The molecule has 6 nitrogen and oxygen atoms in total. The number of urea groups is 1. The topological polar surface area (TPSA) is 78.5 Å². The summed E-state index contributed by atoms with van der Waals surface area (Å²) < 4.78 is 0. The zero-order valence-corrected chi connectivity index (χ0v) is 11.5. The maximum atomic E-state index is 12.1. The lowest BCUT2D eigenvalue weighted by Crippen LogP contribution is -2.31. The SMILES string of the molecule is CCCN1C(=O)NC(c2ccc(NC(C)=O)cc2)C1=O. The molecule has 0 bridgehead atoms. The van der Waals surface area contributed by atoms with Gasteiger partial charge in [0.25, 0.3) is 5.91 Å². The predicted octanol–water partition coefficient (Wildman–Crippen LogP) is 1.65. The van der Waals surface area contributed by atoms with E-state index in [1.54, 1.807) is 24.3 Å². The lowest BCUT2D eigenvalue weighted by atomic mass is 10.1. The molecule has 1 atom stereocenters. The quantitative estimate of drug-likeness (QED) is 0.820. The first-order chi connectivity index (χ1) is 9.52. The van der Waals surface area contributed by atoms with Gasteiger partial charge in [-0.3, -0.25) is 14.5 Å². The maximum absolute atomic E-state index is 12.1. The molecule has 1 aromatic rings. The van der Waals surface area contributed by atoms with E-state index < -0.39 is 6.04 Å². The molecule has 106 valence electrons. The monoisotopic (exact) mass is 275 g/mol. The highest BCUT2D eigenvalue weighted by molar-refractivity contribution is 6.04. The summed E-state index contributed by atoms with van der Waals surface area (Å²) in [5.74, 6) is -0.388. The molecule has 0 spiro atoms. The van der Waals surface area contributed by atoms with Crippen molar-refractivity contribution in [3.05, 3.63) is 29.8 Å². The van der Waals surface area contributed by atoms with E-state index in [0.717, 1.165) is 6.42 Å². The minimum Gasteiger partial charge on any atom is -0.326 e. The van der Waals surface area contributed by atoms with Gasteiger partial charge < -0.3 is 10.6 Å². The van der Waals surface area contributed by atoms with Crippen LogP contribution in [0.15, 0.2) is 24.3 Å². The molecule has 1 heterocycles. The van der Waals surface area contributed by atoms with Gasteiger partial charge in [0.2, 0.25) is 5.91 Å². The molecule has 0 radical (unpaired) electrons. The zero-order valence-electron chi connectivity index (χ0n) is 11.5. The Morgan fingerprint density at radius 1 is 1.30 bits per heavy atom. The lowest BCUT2D eigenvalue weighted by Gasteiger charge is -2.12. The molecule has 1 saturated heterocycles. The largest absolute Gasteiger partial charge is 0.326 e. The van der Waals surface area contributed by atoms with Crippen molar-refractivity contribution in [1.82, 2.24) is 10.2 Å². The Morgan fingerprint density at radius 2 is 1.95 bits per heavy atom. The average Bonchev–Trinajstić information content (AvgIpc) is 2.67. The van der Waals surface area contributed by atoms with Crippen LogP contribution >= 0.6 is 0 Å². The number of benzene rings is 1. The Bertz CT molecular complexity index is 539. The summed E-state index contributed by atoms with van der Waals surface area (Å²) in [4.78, 5) is 36.0. The first-order valence-electron chi connectivity index (χ1n) is 6.52. The Morgan fingerprint density at radius 3 is 2.50 bits per heavy atom. The summed E-state index contributed by atoms with van der Waals surface area (Å²) in [5, 5.41) is 5.32. The van der Waals surface area contributed by atoms with Gasteiger partial charge in [0, 0.05) is 19.2 Å². The van der Waals surface area contributed by atoms with Crippen molar-refractivity contribution in [3.63, 3.8) is 0 Å². The molecule has 0 aliphatic carbocycles. The average molecular weight is 275 g/mol. The second-order valence-electron chi connectivity index (χ2n) is 4.68. The molecule has 2 N–H and O–H groups in total. The Balaban J connectivity index is 2.14. The van der Waals surface area contributed by atoms with Crippen LogP contribution in [0.4, 0.5) is 10.5 Å². The molecular formula is C14H17N3O3. The van der Waals surface area contributed by atoms with Crippen LogP contribution in [0.5, 0.6) is 0 Å². The van der Waals surface area contributed by atoms with Crippen molar-refractivity contribution in [3.8, 4) is 0 Å². The third-order valence-electron chi connectivity index (χ3n) is 3.04. The highest BCUT2D eigenvalue weighted by Gasteiger charge is 2.38. The van der Waals surface area contributed by atoms with E-state index in [2.05, 4.69) is 10.6 Å². The number of carbonyl (C=O) groups is 3. The van der Waals surface area contributed by atoms with Gasteiger partial charge in [-0.25, -0.2) is 4.79 Å². The van der Waals surface area contributed by atoms with Crippen LogP contribution < -0.4 is 10.6 Å². The van der Waals surface area contributed by atoms with Crippen LogP contribution in [0.1, 0.15) is 31.9 Å². The van der Waals surface area contributed by atoms with E-state index in [9.17, 15) is 14.4 Å². The molecule has 2 rings (SSSR count). The minimum atomic E-state index is -0.638. The van der Waals surface area contributed by atoms with E-state index >= 15 is 0 Å². The Kier molecular flexibility index (Phi) is 4.02. The van der Waals surface area contributed by atoms with Gasteiger partial charge in [-0.05, 0) is 24.1 Å². The van der Waals surface area contributed by atoms with Gasteiger partial charge in [0.1, 0.15) is 6.04 Å². The molecular weight excluding hydrogens is 258 g/mol. The van der Waals surface area contributed by atoms with E-state index in [4.69, 9.17) is 0 Å². The third-order valence-corrected chi connectivity index (χ3v) is 3.04. The molecule has 0 aromatic heterocycles. The number of hydrogen-bond donors (Lipinski definition) is 2. The number of amides is 4. The number of hydrogen-bond acceptors (Lipinski definition) is 3. The third kappa shape index (κ3) is 2.79. The predicted molar refractivity (Wildman–Crippen MR) is 74.0 cm³/mol. The summed E-state index contributed by atoms with van der Waals surface area (Å²) in [7, 11) is 0. The number of anilines is 1. The molecule has 6 heteroatoms. The number of carbonyl (C=O) groups excluding carboxylic acids is 3. The number of nitrogens with zero attached hydrogens (tertiary/aromatic N) is 1. The van der Waals surface area contributed by atoms with E-state index in [-0.39, 0.29) is 17.8 Å². The van der Waals surface area contributed by atoms with Gasteiger partial charge in [0.15, 0.2) is 0 Å². The Labute approximate surface area is 117 Å². The standard InChI is InChI=1S/C14H17N3O3/c1-3-8-17-13(19)12(16-14(17)20)10-4-6-11(7-5-10)15-9(2)18/h4-7,12H,3,8H2,1-2H3,(H,15,18)(H,16,20). The number of imide groups is 1. The van der Waals surface area contributed by atoms with Crippen molar-refractivity contribution in [2.45, 2.75) is 26.3 Å². The minimum absolute atomic E-state index is 0.155. The number of nitrogens with one attached hydrogen (secondary N) is 2. The Hall–Kier alpha value is -2.37. The molecule has 0 saturated carbocycles. The highest BCUT2D eigenvalue weighted by atomic mass is 16.2. The molecule has 1 fully saturated rings. The van der Waals surface area contributed by atoms with Crippen LogP contribution in [0, 0.1) is 0 Å². The highest BCUT2D eigenvalue weighted by Crippen LogP contribution is 2.23. The summed E-state index contributed by atoms with van der Waals surface area (Å²) in [6, 6.07) is 5.87. The molecule has 1 aromatic carbocycles. The van der Waals surface area contributed by atoms with Gasteiger partial charge in [-0.2, -0.15) is 0 Å². The van der Waals surface area contributed by atoms with Crippen LogP contribution in [-0.4, -0.2) is 29.3 Å². The van der Waals surface area contributed by atoms with Crippen molar-refractivity contribution in [2.75, 3.05) is 11.9 Å². The molecule has 1 unspecified atom stereocenters. The molecule has 1 aliphatic rings. The smallest absolute Gasteiger partial charge is 0.325 e. The fourth-order valence-electron chi connectivity index (χ4n) is 2.14. The van der Waals surface area contributed by atoms with E-state index in [1.807, 2.05) is 6.92 Å². The summed E-state index contributed by atoms with van der Waals surface area (Å²) in [5.41, 5.74) is 1.36.